The van der Waals surface area contributed by atoms with Crippen LogP contribution in [-0.4, -0.2) is 68.0 Å². The number of carbonyl (C=O) groups excluding carboxylic acids is 1. The second-order valence-corrected chi connectivity index (χ2v) is 11.0. The zero-order chi connectivity index (χ0) is 20.5. The molecule has 156 valence electrons. The van der Waals surface area contributed by atoms with E-state index in [4.69, 9.17) is 0 Å². The quantitative estimate of drug-likeness (QED) is 0.742. The first-order valence-corrected chi connectivity index (χ1v) is 12.4. The van der Waals surface area contributed by atoms with Gasteiger partial charge in [0, 0.05) is 43.5 Å². The van der Waals surface area contributed by atoms with Crippen molar-refractivity contribution in [2.45, 2.75) is 61.9 Å². The van der Waals surface area contributed by atoms with Crippen LogP contribution in [0.3, 0.4) is 0 Å². The summed E-state index contributed by atoms with van der Waals surface area (Å²) in [6.07, 6.45) is 2.58. The number of fused-ring (bicyclic) bond motifs is 1. The molecule has 0 saturated carbocycles. The van der Waals surface area contributed by atoms with Crippen LogP contribution >= 0.6 is 11.8 Å². The van der Waals surface area contributed by atoms with Crippen molar-refractivity contribution < 1.29 is 13.2 Å². The third-order valence-electron chi connectivity index (χ3n) is 5.84. The van der Waals surface area contributed by atoms with Crippen molar-refractivity contribution in [2.24, 2.45) is 0 Å². The van der Waals surface area contributed by atoms with Crippen LogP contribution < -0.4 is 4.90 Å². The second kappa shape index (κ2) is 8.73. The second-order valence-electron chi connectivity index (χ2n) is 7.90. The summed E-state index contributed by atoms with van der Waals surface area (Å²) >= 11 is 1.68. The highest BCUT2D eigenvalue weighted by Gasteiger charge is 2.32. The number of thioether (sulfide) groups is 1. The SMILES string of the molecule is CC(=O)N1CCCSc2ccc(S(=O)(=O)N3CCC(N(C)C(C)C)CC3)cc21. The van der Waals surface area contributed by atoms with E-state index >= 15 is 0 Å². The van der Waals surface area contributed by atoms with Gasteiger partial charge in [0.2, 0.25) is 15.9 Å². The molecular weight excluding hydrogens is 394 g/mol. The van der Waals surface area contributed by atoms with Gasteiger partial charge in [-0.3, -0.25) is 4.79 Å². The van der Waals surface area contributed by atoms with Crippen molar-refractivity contribution in [1.82, 2.24) is 9.21 Å². The number of sulfonamides is 1. The fourth-order valence-corrected chi connectivity index (χ4v) is 6.37. The molecule has 28 heavy (non-hydrogen) atoms. The fourth-order valence-electron chi connectivity index (χ4n) is 3.90. The Bertz CT molecular complexity index is 818. The zero-order valence-corrected chi connectivity index (χ0v) is 18.9. The summed E-state index contributed by atoms with van der Waals surface area (Å²) in [7, 11) is -1.45. The van der Waals surface area contributed by atoms with E-state index in [9.17, 15) is 13.2 Å². The maximum absolute atomic E-state index is 13.2. The van der Waals surface area contributed by atoms with E-state index in [0.29, 0.717) is 31.7 Å². The van der Waals surface area contributed by atoms with Crippen molar-refractivity contribution in [3.8, 4) is 0 Å². The van der Waals surface area contributed by atoms with Crippen LogP contribution in [0.5, 0.6) is 0 Å². The summed E-state index contributed by atoms with van der Waals surface area (Å²) in [6, 6.07) is 6.11. The van der Waals surface area contributed by atoms with Gasteiger partial charge < -0.3 is 9.80 Å². The van der Waals surface area contributed by atoms with Crippen LogP contribution in [0.4, 0.5) is 5.69 Å². The highest BCUT2D eigenvalue weighted by Crippen LogP contribution is 2.36. The Morgan fingerprint density at radius 2 is 1.89 bits per heavy atom. The van der Waals surface area contributed by atoms with Gasteiger partial charge in [-0.05, 0) is 64.1 Å². The molecule has 1 amide bonds. The van der Waals surface area contributed by atoms with Crippen molar-refractivity contribution in [3.05, 3.63) is 18.2 Å². The Balaban J connectivity index is 1.82. The molecule has 1 saturated heterocycles. The monoisotopic (exact) mass is 425 g/mol. The average molecular weight is 426 g/mol. The first-order chi connectivity index (χ1) is 13.2. The molecule has 6 nitrogen and oxygen atoms in total. The molecule has 2 heterocycles. The van der Waals surface area contributed by atoms with Crippen molar-refractivity contribution in [3.63, 3.8) is 0 Å². The topological polar surface area (TPSA) is 60.9 Å². The van der Waals surface area contributed by atoms with Gasteiger partial charge in [-0.2, -0.15) is 4.31 Å². The molecular formula is C20H31N3O3S2. The van der Waals surface area contributed by atoms with Gasteiger partial charge in [0.1, 0.15) is 0 Å². The lowest BCUT2D eigenvalue weighted by atomic mass is 10.0. The average Bonchev–Trinajstić information content (AvgIpc) is 2.89. The first-order valence-electron chi connectivity index (χ1n) is 9.99. The molecule has 3 rings (SSSR count). The summed E-state index contributed by atoms with van der Waals surface area (Å²) in [4.78, 5) is 17.4. The molecule has 1 aromatic rings. The third-order valence-corrected chi connectivity index (χ3v) is 8.88. The van der Waals surface area contributed by atoms with E-state index in [-0.39, 0.29) is 10.8 Å². The molecule has 2 aliphatic heterocycles. The molecule has 0 N–H and O–H groups in total. The molecule has 0 unspecified atom stereocenters. The van der Waals surface area contributed by atoms with Crippen molar-refractivity contribution in [2.75, 3.05) is 37.3 Å². The Labute approximate surface area is 173 Å². The Morgan fingerprint density at radius 3 is 2.50 bits per heavy atom. The van der Waals surface area contributed by atoms with Gasteiger partial charge in [0.25, 0.3) is 0 Å². The van der Waals surface area contributed by atoms with Crippen molar-refractivity contribution in [1.29, 1.82) is 0 Å². The lowest BCUT2D eigenvalue weighted by molar-refractivity contribution is -0.116. The number of piperidine rings is 1. The lowest BCUT2D eigenvalue weighted by Crippen LogP contribution is -2.47. The zero-order valence-electron chi connectivity index (χ0n) is 17.2. The Hall–Kier alpha value is -1.09. The molecule has 1 aromatic carbocycles. The van der Waals surface area contributed by atoms with Gasteiger partial charge in [0.15, 0.2) is 0 Å². The van der Waals surface area contributed by atoms with Crippen LogP contribution in [0.1, 0.15) is 40.0 Å². The lowest BCUT2D eigenvalue weighted by Gasteiger charge is -2.38. The van der Waals surface area contributed by atoms with E-state index in [1.54, 1.807) is 33.1 Å². The normalized spacial score (nSPS) is 19.7. The molecule has 0 radical (unpaired) electrons. The number of hydrogen-bond donors (Lipinski definition) is 0. The minimum absolute atomic E-state index is 0.0455. The molecule has 1 fully saturated rings. The van der Waals surface area contributed by atoms with E-state index in [1.165, 1.54) is 6.92 Å². The summed E-state index contributed by atoms with van der Waals surface area (Å²) in [5.41, 5.74) is 0.727. The molecule has 0 aromatic heterocycles. The number of anilines is 1. The molecule has 0 aliphatic carbocycles. The summed E-state index contributed by atoms with van der Waals surface area (Å²) in [6.45, 7) is 7.57. The fraction of sp³-hybridized carbons (Fsp3) is 0.650. The standard InChI is InChI=1S/C20H31N3O3S2/c1-15(2)21(4)17-8-11-22(12-9-17)28(25,26)18-6-7-20-19(14-18)23(16(3)24)10-5-13-27-20/h6-7,14-15,17H,5,8-13H2,1-4H3. The number of carbonyl (C=O) groups is 1. The highest BCUT2D eigenvalue weighted by molar-refractivity contribution is 7.99. The molecule has 0 bridgehead atoms. The van der Waals surface area contributed by atoms with Gasteiger partial charge in [-0.1, -0.05) is 0 Å². The van der Waals surface area contributed by atoms with Gasteiger partial charge in [0.05, 0.1) is 10.6 Å². The van der Waals surface area contributed by atoms with Crippen LogP contribution in [-0.2, 0) is 14.8 Å². The highest BCUT2D eigenvalue weighted by atomic mass is 32.2. The predicted molar refractivity (Wildman–Crippen MR) is 114 cm³/mol. The van der Waals surface area contributed by atoms with Crippen LogP contribution in [0.2, 0.25) is 0 Å². The van der Waals surface area contributed by atoms with E-state index in [0.717, 1.165) is 35.6 Å². The largest absolute Gasteiger partial charge is 0.311 e. The van der Waals surface area contributed by atoms with Gasteiger partial charge in [-0.25, -0.2) is 8.42 Å². The first kappa shape index (κ1) is 21.6. The smallest absolute Gasteiger partial charge is 0.243 e. The number of amides is 1. The Kier molecular flexibility index (Phi) is 6.74. The maximum atomic E-state index is 13.2. The number of rotatable bonds is 4. The molecule has 8 heteroatoms. The number of hydrogen-bond acceptors (Lipinski definition) is 5. The van der Waals surface area contributed by atoms with Crippen LogP contribution in [0.15, 0.2) is 28.0 Å². The van der Waals surface area contributed by atoms with E-state index in [2.05, 4.69) is 25.8 Å². The minimum Gasteiger partial charge on any atom is -0.311 e. The summed E-state index contributed by atoms with van der Waals surface area (Å²) in [5, 5.41) is 0. The Morgan fingerprint density at radius 1 is 1.21 bits per heavy atom. The van der Waals surface area contributed by atoms with Gasteiger partial charge >= 0.3 is 0 Å². The minimum atomic E-state index is -3.56. The predicted octanol–water partition coefficient (Wildman–Crippen LogP) is 3.03. The molecule has 0 atom stereocenters. The van der Waals surface area contributed by atoms with Crippen LogP contribution in [0, 0.1) is 0 Å². The van der Waals surface area contributed by atoms with Gasteiger partial charge in [-0.15, -0.1) is 11.8 Å². The van der Waals surface area contributed by atoms with Crippen molar-refractivity contribution >= 4 is 33.4 Å². The van der Waals surface area contributed by atoms with Crippen LogP contribution in [0.25, 0.3) is 0 Å². The third kappa shape index (κ3) is 4.40. The summed E-state index contributed by atoms with van der Waals surface area (Å²) in [5.74, 6) is 0.885. The number of benzene rings is 1. The number of nitrogens with zero attached hydrogens (tertiary/aromatic N) is 3. The van der Waals surface area contributed by atoms with E-state index in [1.807, 2.05) is 6.07 Å². The van der Waals surface area contributed by atoms with E-state index < -0.39 is 10.0 Å². The molecule has 0 spiro atoms. The maximum Gasteiger partial charge on any atom is 0.243 e. The molecule has 2 aliphatic rings. The summed E-state index contributed by atoms with van der Waals surface area (Å²) < 4.78 is 28.1.